The molecule has 1 aromatic rings. The van der Waals surface area contributed by atoms with Crippen LogP contribution in [-0.4, -0.2) is 30.2 Å². The molecule has 0 fully saturated rings. The predicted molar refractivity (Wildman–Crippen MR) is 75.0 cm³/mol. The number of esters is 1. The molecule has 0 saturated carbocycles. The van der Waals surface area contributed by atoms with Crippen LogP contribution < -0.4 is 4.74 Å². The highest BCUT2D eigenvalue weighted by molar-refractivity contribution is 8.45. The third-order valence-corrected chi connectivity index (χ3v) is 4.28. The molecular weight excluding hydrogens is 436 g/mol. The van der Waals surface area contributed by atoms with Crippen LogP contribution >= 0.6 is 10.2 Å². The van der Waals surface area contributed by atoms with Gasteiger partial charge in [-0.25, -0.2) is 4.79 Å². The lowest BCUT2D eigenvalue weighted by Gasteiger charge is -2.41. The van der Waals surface area contributed by atoms with Crippen LogP contribution in [0.3, 0.4) is 0 Å². The maximum Gasteiger partial charge on any atom is 0.430 e. The van der Waals surface area contributed by atoms with E-state index >= 15 is 0 Å². The largest absolute Gasteiger partial charge is 0.475 e. The molecule has 158 valence electrons. The van der Waals surface area contributed by atoms with Crippen LogP contribution in [0.5, 0.6) is 5.75 Å². The average molecular weight is 444 g/mol. The number of halogens is 8. The molecule has 0 bridgehead atoms. The number of hydrogen-bond donors (Lipinski definition) is 1. The molecule has 28 heavy (non-hydrogen) atoms. The normalized spacial score (nSPS) is 19.7. The molecule has 0 spiro atoms. The van der Waals surface area contributed by atoms with Gasteiger partial charge in [-0.05, 0) is 24.3 Å². The van der Waals surface area contributed by atoms with Crippen LogP contribution in [0.15, 0.2) is 39.2 Å². The summed E-state index contributed by atoms with van der Waals surface area (Å²) < 4.78 is 112. The summed E-state index contributed by atoms with van der Waals surface area (Å²) in [6, 6.07) is 0.0105. The van der Waals surface area contributed by atoms with Crippen molar-refractivity contribution in [3.63, 3.8) is 0 Å². The second kappa shape index (κ2) is 6.11. The minimum Gasteiger partial charge on any atom is -0.475 e. The Balaban J connectivity index is 2.47. The summed E-state index contributed by atoms with van der Waals surface area (Å²) in [5.41, 5.74) is -2.18. The lowest BCUT2D eigenvalue weighted by Crippen LogP contribution is -2.40. The van der Waals surface area contributed by atoms with Crippen molar-refractivity contribution in [1.29, 1.82) is 0 Å². The zero-order valence-electron chi connectivity index (χ0n) is 13.0. The van der Waals surface area contributed by atoms with Crippen molar-refractivity contribution in [3.05, 3.63) is 29.3 Å². The van der Waals surface area contributed by atoms with Gasteiger partial charge in [-0.15, -0.1) is 0 Å². The molecule has 0 aliphatic carbocycles. The van der Waals surface area contributed by atoms with Gasteiger partial charge in [0.05, 0.1) is 16.1 Å². The first-order chi connectivity index (χ1) is 12.5. The van der Waals surface area contributed by atoms with Gasteiger partial charge in [-0.2, -0.15) is 13.2 Å². The number of nitrogens with zero attached hydrogens (tertiary/aromatic N) is 2. The molecular formula is C12H8F8N2O5S. The third-order valence-electron chi connectivity index (χ3n) is 3.13. The van der Waals surface area contributed by atoms with E-state index in [1.807, 2.05) is 0 Å². The van der Waals surface area contributed by atoms with Crippen LogP contribution in [0.2, 0.25) is 0 Å². The second-order valence-electron chi connectivity index (χ2n) is 5.16. The number of fused-ring (bicyclic) bond motifs is 1. The van der Waals surface area contributed by atoms with Crippen molar-refractivity contribution in [3.8, 4) is 5.75 Å². The Bertz CT molecular complexity index is 852. The number of benzene rings is 1. The molecule has 1 heterocycles. The Labute approximate surface area is 149 Å². The molecule has 0 radical (unpaired) electrons. The number of hydrogen-bond acceptors (Lipinski definition) is 6. The van der Waals surface area contributed by atoms with Crippen molar-refractivity contribution >= 4 is 22.3 Å². The lowest BCUT2D eigenvalue weighted by molar-refractivity contribution is -0.190. The number of rotatable bonds is 5. The highest BCUT2D eigenvalue weighted by atomic mass is 32.5. The van der Waals surface area contributed by atoms with Gasteiger partial charge < -0.3 is 19.5 Å². The quantitative estimate of drug-likeness (QED) is 0.166. The van der Waals surface area contributed by atoms with E-state index in [1.54, 1.807) is 0 Å². The molecule has 2 rings (SSSR count). The Morgan fingerprint density at radius 1 is 1.21 bits per heavy atom. The monoisotopic (exact) mass is 444 g/mol. The SMILES string of the molecule is O=C(OCO/N=N\O)C1=Cc2cc(S(F)(F)(F)(F)F)ccc2O[C@@H]1C(F)(F)F. The summed E-state index contributed by atoms with van der Waals surface area (Å²) in [5, 5.41) is 12.5. The number of carbonyl (C=O) groups excluding carboxylic acids is 1. The van der Waals surface area contributed by atoms with E-state index in [2.05, 4.69) is 24.9 Å². The molecule has 0 saturated heterocycles. The third kappa shape index (κ3) is 4.93. The van der Waals surface area contributed by atoms with E-state index in [9.17, 15) is 37.4 Å². The summed E-state index contributed by atoms with van der Waals surface area (Å²) in [7, 11) is -10.1. The molecule has 7 nitrogen and oxygen atoms in total. The van der Waals surface area contributed by atoms with Gasteiger partial charge >= 0.3 is 22.4 Å². The molecule has 16 heteroatoms. The maximum atomic E-state index is 13.1. The van der Waals surface area contributed by atoms with Gasteiger partial charge in [0.2, 0.25) is 6.10 Å². The number of alkyl halides is 3. The Hall–Kier alpha value is -2.78. The van der Waals surface area contributed by atoms with E-state index in [0.29, 0.717) is 0 Å². The van der Waals surface area contributed by atoms with Gasteiger partial charge in [0.1, 0.15) is 10.6 Å². The number of ether oxygens (including phenoxy) is 2. The minimum atomic E-state index is -10.1. The fraction of sp³-hybridized carbons (Fsp3) is 0.250. The second-order valence-corrected chi connectivity index (χ2v) is 7.57. The molecule has 1 aliphatic rings. The highest BCUT2D eigenvalue weighted by Crippen LogP contribution is 3.02. The molecule has 1 N–H and O–H groups in total. The number of carbonyl (C=O) groups is 1. The van der Waals surface area contributed by atoms with Gasteiger partial charge in [-0.3, -0.25) is 0 Å². The van der Waals surface area contributed by atoms with Crippen molar-refractivity contribution in [2.24, 2.45) is 10.6 Å². The van der Waals surface area contributed by atoms with Gasteiger partial charge in [0.25, 0.3) is 6.79 Å². The predicted octanol–water partition coefficient (Wildman–Crippen LogP) is 5.32. The van der Waals surface area contributed by atoms with Crippen LogP contribution in [0.4, 0.5) is 32.6 Å². The first-order valence-corrected chi connectivity index (χ1v) is 8.64. The van der Waals surface area contributed by atoms with Crippen molar-refractivity contribution in [2.45, 2.75) is 17.2 Å². The zero-order chi connectivity index (χ0) is 21.4. The van der Waals surface area contributed by atoms with E-state index in [1.165, 1.54) is 0 Å². The zero-order valence-corrected chi connectivity index (χ0v) is 13.8. The summed E-state index contributed by atoms with van der Waals surface area (Å²) >= 11 is 0. The van der Waals surface area contributed by atoms with E-state index in [4.69, 9.17) is 5.21 Å². The molecule has 1 aromatic carbocycles. The molecule has 1 aliphatic heterocycles. The van der Waals surface area contributed by atoms with Crippen LogP contribution in [0.25, 0.3) is 6.08 Å². The van der Waals surface area contributed by atoms with Crippen LogP contribution in [0, 0.1) is 0 Å². The highest BCUT2D eigenvalue weighted by Gasteiger charge is 2.65. The molecule has 0 unspecified atom stereocenters. The minimum absolute atomic E-state index is 0.126. The van der Waals surface area contributed by atoms with Gasteiger partial charge in [-0.1, -0.05) is 19.4 Å². The topological polar surface area (TPSA) is 89.7 Å². The lowest BCUT2D eigenvalue weighted by atomic mass is 10.0. The molecule has 0 aromatic heterocycles. The average Bonchev–Trinajstić information content (AvgIpc) is 2.54. The smallest absolute Gasteiger partial charge is 0.430 e. The van der Waals surface area contributed by atoms with Crippen molar-refractivity contribution < 1.29 is 56.9 Å². The molecule has 0 amide bonds. The Kier molecular flexibility index (Phi) is 4.70. The Morgan fingerprint density at radius 3 is 2.39 bits per heavy atom. The fourth-order valence-corrected chi connectivity index (χ4v) is 2.72. The first kappa shape index (κ1) is 21.5. The van der Waals surface area contributed by atoms with E-state index < -0.39 is 57.0 Å². The fourth-order valence-electron chi connectivity index (χ4n) is 2.04. The molecule has 1 atom stereocenters. The van der Waals surface area contributed by atoms with Gasteiger partial charge in [0, 0.05) is 5.56 Å². The van der Waals surface area contributed by atoms with Crippen molar-refractivity contribution in [2.75, 3.05) is 6.79 Å². The maximum absolute atomic E-state index is 13.1. The summed E-state index contributed by atoms with van der Waals surface area (Å²) in [5.74, 6) is -2.56. The first-order valence-electron chi connectivity index (χ1n) is 6.69. The van der Waals surface area contributed by atoms with Crippen molar-refractivity contribution in [1.82, 2.24) is 0 Å². The Morgan fingerprint density at radius 2 is 1.86 bits per heavy atom. The summed E-state index contributed by atoms with van der Waals surface area (Å²) in [4.78, 5) is 13.4. The van der Waals surface area contributed by atoms with E-state index in [-0.39, 0.29) is 24.3 Å². The summed E-state index contributed by atoms with van der Waals surface area (Å²) in [6.45, 7) is -1.12. The van der Waals surface area contributed by atoms with E-state index in [0.717, 1.165) is 0 Å². The van der Waals surface area contributed by atoms with Gasteiger partial charge in [0.15, 0.2) is 0 Å². The van der Waals surface area contributed by atoms with Crippen LogP contribution in [0.1, 0.15) is 5.56 Å². The standard InChI is InChI=1S/C12H8F8N2O5S/c13-12(14,15)10-8(11(23)25-5-26-22-21-24)4-6-3-7(1-2-9(6)27-10)28(16,17,18,19)20/h1-4,10H,5H2,(H,22,24)/t10-/m0/s1. The summed E-state index contributed by atoms with van der Waals surface area (Å²) in [6.07, 6.45) is -7.87. The van der Waals surface area contributed by atoms with Crippen LogP contribution in [-0.2, 0) is 14.4 Å².